The zero-order chi connectivity index (χ0) is 15.4. The van der Waals surface area contributed by atoms with Crippen molar-refractivity contribution in [2.75, 3.05) is 0 Å². The lowest BCUT2D eigenvalue weighted by Gasteiger charge is -1.99. The van der Waals surface area contributed by atoms with Gasteiger partial charge in [0.15, 0.2) is 5.17 Å². The second kappa shape index (κ2) is 6.93. The summed E-state index contributed by atoms with van der Waals surface area (Å²) < 4.78 is 0. The first-order valence-corrected chi connectivity index (χ1v) is 7.35. The number of carbonyl (C=O) groups is 2. The van der Waals surface area contributed by atoms with Crippen molar-refractivity contribution in [3.63, 3.8) is 0 Å². The number of carboxylic acid groups (broad SMARTS) is 1. The summed E-state index contributed by atoms with van der Waals surface area (Å²) in [5.74, 6) is -1.44. The number of hydrogen-bond donors (Lipinski definition) is 2. The molecule has 110 valence electrons. The third-order valence-corrected chi connectivity index (χ3v) is 4.20. The van der Waals surface area contributed by atoms with E-state index in [2.05, 4.69) is 15.5 Å². The molecule has 9 heteroatoms. The van der Waals surface area contributed by atoms with E-state index in [0.717, 1.165) is 11.8 Å². The van der Waals surface area contributed by atoms with Crippen molar-refractivity contribution in [3.8, 4) is 0 Å². The molecule has 1 saturated heterocycles. The molecule has 1 fully saturated rings. The minimum Gasteiger partial charge on any atom is -0.481 e. The second-order valence-corrected chi connectivity index (χ2v) is 5.98. The van der Waals surface area contributed by atoms with Gasteiger partial charge >= 0.3 is 5.97 Å². The van der Waals surface area contributed by atoms with E-state index in [9.17, 15) is 9.59 Å². The average Bonchev–Trinajstić information content (AvgIpc) is 2.73. The smallest absolute Gasteiger partial charge is 0.305 e. The van der Waals surface area contributed by atoms with Gasteiger partial charge in [-0.05, 0) is 12.1 Å². The molecule has 6 nitrogen and oxygen atoms in total. The Morgan fingerprint density at radius 1 is 1.43 bits per heavy atom. The van der Waals surface area contributed by atoms with Crippen LogP contribution in [0.3, 0.4) is 0 Å². The van der Waals surface area contributed by atoms with E-state index in [1.807, 2.05) is 0 Å². The van der Waals surface area contributed by atoms with Crippen molar-refractivity contribution >= 4 is 58.2 Å². The fourth-order valence-electron chi connectivity index (χ4n) is 1.52. The van der Waals surface area contributed by atoms with Crippen LogP contribution in [-0.2, 0) is 9.59 Å². The number of rotatable bonds is 4. The highest BCUT2D eigenvalue weighted by Crippen LogP contribution is 2.24. The monoisotopic (exact) mass is 345 g/mol. The van der Waals surface area contributed by atoms with Crippen molar-refractivity contribution in [1.82, 2.24) is 5.32 Å². The van der Waals surface area contributed by atoms with Crippen molar-refractivity contribution in [1.29, 1.82) is 0 Å². The van der Waals surface area contributed by atoms with Crippen LogP contribution in [0, 0.1) is 0 Å². The summed E-state index contributed by atoms with van der Waals surface area (Å²) in [7, 11) is 0. The summed E-state index contributed by atoms with van der Waals surface area (Å²) in [5.41, 5.74) is 0.515. The topological polar surface area (TPSA) is 91.1 Å². The maximum atomic E-state index is 11.5. The van der Waals surface area contributed by atoms with Gasteiger partial charge in [0.05, 0.1) is 22.7 Å². The van der Waals surface area contributed by atoms with Gasteiger partial charge in [-0.25, -0.2) is 0 Å². The van der Waals surface area contributed by atoms with Gasteiger partial charge in [-0.1, -0.05) is 41.0 Å². The maximum absolute atomic E-state index is 11.5. The Bertz CT molecular complexity index is 628. The van der Waals surface area contributed by atoms with Crippen LogP contribution in [0.2, 0.25) is 10.0 Å². The third kappa shape index (κ3) is 4.20. The zero-order valence-corrected chi connectivity index (χ0v) is 12.7. The number of benzene rings is 1. The number of nitrogens with one attached hydrogen (secondary N) is 1. The van der Waals surface area contributed by atoms with Crippen LogP contribution < -0.4 is 5.32 Å². The first-order chi connectivity index (χ1) is 9.97. The Hall–Kier alpha value is -1.57. The molecule has 1 amide bonds. The SMILES string of the molecule is O=C(O)CC1S/C(=N\N=C\c2c(Cl)cccc2Cl)NC1=O. The molecule has 21 heavy (non-hydrogen) atoms. The molecule has 1 unspecified atom stereocenters. The van der Waals surface area contributed by atoms with Crippen LogP contribution in [0.1, 0.15) is 12.0 Å². The number of halogens is 2. The normalized spacial score (nSPS) is 20.2. The summed E-state index contributed by atoms with van der Waals surface area (Å²) in [5, 5.41) is 19.2. The number of thioether (sulfide) groups is 1. The lowest BCUT2D eigenvalue weighted by atomic mass is 10.2. The molecule has 1 atom stereocenters. The van der Waals surface area contributed by atoms with Crippen LogP contribution in [0.4, 0.5) is 0 Å². The van der Waals surface area contributed by atoms with E-state index in [1.54, 1.807) is 18.2 Å². The molecular weight excluding hydrogens is 337 g/mol. The highest BCUT2D eigenvalue weighted by atomic mass is 35.5. The molecule has 0 aliphatic carbocycles. The molecule has 2 rings (SSSR count). The molecule has 0 radical (unpaired) electrons. The minimum atomic E-state index is -1.05. The number of aliphatic carboxylic acids is 1. The fourth-order valence-corrected chi connectivity index (χ4v) is 2.93. The number of carbonyl (C=O) groups excluding carboxylic acids is 1. The summed E-state index contributed by atoms with van der Waals surface area (Å²) in [6, 6.07) is 5.03. The molecule has 1 aliphatic rings. The van der Waals surface area contributed by atoms with Crippen molar-refractivity contribution < 1.29 is 14.7 Å². The molecule has 0 spiro atoms. The van der Waals surface area contributed by atoms with Gasteiger partial charge in [-0.3, -0.25) is 9.59 Å². The minimum absolute atomic E-state index is 0.241. The first kappa shape index (κ1) is 15.8. The summed E-state index contributed by atoms with van der Waals surface area (Å²) in [6.07, 6.45) is 1.10. The molecule has 0 aromatic heterocycles. The van der Waals surface area contributed by atoms with Crippen LogP contribution in [0.15, 0.2) is 28.4 Å². The Kier molecular flexibility index (Phi) is 5.22. The van der Waals surface area contributed by atoms with E-state index >= 15 is 0 Å². The van der Waals surface area contributed by atoms with Crippen LogP contribution in [-0.4, -0.2) is 33.6 Å². The van der Waals surface area contributed by atoms with E-state index in [4.69, 9.17) is 28.3 Å². The van der Waals surface area contributed by atoms with Gasteiger partial charge in [0.2, 0.25) is 5.91 Å². The Labute approximate surface area is 134 Å². The van der Waals surface area contributed by atoms with Gasteiger partial charge in [0.1, 0.15) is 5.25 Å². The Morgan fingerprint density at radius 2 is 2.10 bits per heavy atom. The van der Waals surface area contributed by atoms with Crippen LogP contribution >= 0.6 is 35.0 Å². The van der Waals surface area contributed by atoms with Crippen molar-refractivity contribution in [2.24, 2.45) is 10.2 Å². The van der Waals surface area contributed by atoms with E-state index in [1.165, 1.54) is 6.21 Å². The van der Waals surface area contributed by atoms with E-state index in [0.29, 0.717) is 15.6 Å². The van der Waals surface area contributed by atoms with Crippen molar-refractivity contribution in [3.05, 3.63) is 33.8 Å². The predicted octanol–water partition coefficient (Wildman–Crippen LogP) is 2.39. The van der Waals surface area contributed by atoms with Crippen LogP contribution in [0.25, 0.3) is 0 Å². The summed E-state index contributed by atoms with van der Waals surface area (Å²) >= 11 is 12.9. The van der Waals surface area contributed by atoms with E-state index < -0.39 is 17.1 Å². The molecular formula is C12H9Cl2N3O3S. The molecule has 1 aromatic rings. The third-order valence-electron chi connectivity index (χ3n) is 2.47. The highest BCUT2D eigenvalue weighted by molar-refractivity contribution is 8.15. The highest BCUT2D eigenvalue weighted by Gasteiger charge is 2.32. The average molecular weight is 346 g/mol. The fraction of sp³-hybridized carbons (Fsp3) is 0.167. The summed E-state index contributed by atoms with van der Waals surface area (Å²) in [4.78, 5) is 22.1. The number of hydrogen-bond acceptors (Lipinski definition) is 5. The Balaban J connectivity index is 2.07. The zero-order valence-electron chi connectivity index (χ0n) is 10.4. The molecule has 0 saturated carbocycles. The molecule has 1 aromatic carbocycles. The van der Waals surface area contributed by atoms with Gasteiger partial charge in [0, 0.05) is 5.56 Å². The number of nitrogens with zero attached hydrogens (tertiary/aromatic N) is 2. The van der Waals surface area contributed by atoms with Crippen LogP contribution in [0.5, 0.6) is 0 Å². The Morgan fingerprint density at radius 3 is 2.71 bits per heavy atom. The lowest BCUT2D eigenvalue weighted by Crippen LogP contribution is -2.26. The number of carboxylic acids is 1. The maximum Gasteiger partial charge on any atom is 0.305 e. The van der Waals surface area contributed by atoms with Gasteiger partial charge in [-0.2, -0.15) is 5.10 Å². The standard InChI is InChI=1S/C12H9Cl2N3O3S/c13-7-2-1-3-8(14)6(7)5-15-17-12-16-11(20)9(21-12)4-10(18)19/h1-3,5,9H,4H2,(H,18,19)(H,16,17,20)/b15-5+. The number of amides is 1. The second-order valence-electron chi connectivity index (χ2n) is 3.98. The lowest BCUT2D eigenvalue weighted by molar-refractivity contribution is -0.138. The summed E-state index contributed by atoms with van der Waals surface area (Å²) in [6.45, 7) is 0. The molecule has 1 aliphatic heterocycles. The van der Waals surface area contributed by atoms with Crippen molar-refractivity contribution in [2.45, 2.75) is 11.7 Å². The van der Waals surface area contributed by atoms with Gasteiger partial charge < -0.3 is 10.4 Å². The largest absolute Gasteiger partial charge is 0.481 e. The van der Waals surface area contributed by atoms with Gasteiger partial charge in [0.25, 0.3) is 0 Å². The van der Waals surface area contributed by atoms with Gasteiger partial charge in [-0.15, -0.1) is 5.10 Å². The number of amidine groups is 1. The van der Waals surface area contributed by atoms with E-state index in [-0.39, 0.29) is 11.6 Å². The predicted molar refractivity (Wildman–Crippen MR) is 83.3 cm³/mol. The quantitative estimate of drug-likeness (QED) is 0.647. The molecule has 1 heterocycles. The molecule has 0 bridgehead atoms. The first-order valence-electron chi connectivity index (χ1n) is 5.71. The molecule has 2 N–H and O–H groups in total.